The Morgan fingerprint density at radius 2 is 2.00 bits per heavy atom. The van der Waals surface area contributed by atoms with Crippen molar-refractivity contribution in [2.45, 2.75) is 51.4 Å². The fourth-order valence-electron chi connectivity index (χ4n) is 1.94. The lowest BCUT2D eigenvalue weighted by Crippen LogP contribution is -2.36. The van der Waals surface area contributed by atoms with E-state index in [1.165, 1.54) is 12.1 Å². The Labute approximate surface area is 122 Å². The highest BCUT2D eigenvalue weighted by atomic mass is 19.2. The Morgan fingerprint density at radius 3 is 2.62 bits per heavy atom. The summed E-state index contributed by atoms with van der Waals surface area (Å²) in [7, 11) is 0. The molecule has 1 aromatic rings. The Morgan fingerprint density at radius 1 is 1.29 bits per heavy atom. The van der Waals surface area contributed by atoms with Gasteiger partial charge in [0.1, 0.15) is 5.60 Å². The summed E-state index contributed by atoms with van der Waals surface area (Å²) in [5.74, 6) is -1.71. The van der Waals surface area contributed by atoms with Crippen LogP contribution in [0, 0.1) is 11.6 Å². The standard InChI is InChI=1S/C15H20F2N2O2/c1-15(2,3)21-14(20)19-13-7-12(13)18-8-9-4-5-10(16)11(17)6-9/h4-6,12-13,18H,7-8H2,1-3H3,(H,19,20). The zero-order chi connectivity index (χ0) is 15.6. The fraction of sp³-hybridized carbons (Fsp3) is 0.533. The molecule has 1 amide bonds. The van der Waals surface area contributed by atoms with Gasteiger partial charge >= 0.3 is 6.09 Å². The maximum Gasteiger partial charge on any atom is 0.407 e. The van der Waals surface area contributed by atoms with E-state index in [0.717, 1.165) is 12.5 Å². The summed E-state index contributed by atoms with van der Waals surface area (Å²) in [5, 5.41) is 5.94. The average molecular weight is 298 g/mol. The molecule has 2 rings (SSSR count). The summed E-state index contributed by atoms with van der Waals surface area (Å²) in [6.07, 6.45) is 0.354. The lowest BCUT2D eigenvalue weighted by molar-refractivity contribution is 0.0522. The molecule has 21 heavy (non-hydrogen) atoms. The highest BCUT2D eigenvalue weighted by Crippen LogP contribution is 2.22. The van der Waals surface area contributed by atoms with Crippen molar-refractivity contribution in [3.8, 4) is 0 Å². The van der Waals surface area contributed by atoms with Gasteiger partial charge in [0.2, 0.25) is 0 Å². The zero-order valence-electron chi connectivity index (χ0n) is 12.4. The van der Waals surface area contributed by atoms with Crippen LogP contribution >= 0.6 is 0 Å². The Hall–Kier alpha value is -1.69. The van der Waals surface area contributed by atoms with Gasteiger partial charge < -0.3 is 15.4 Å². The summed E-state index contributed by atoms with van der Waals surface area (Å²) in [6.45, 7) is 5.84. The SMILES string of the molecule is CC(C)(C)OC(=O)NC1CC1NCc1ccc(F)c(F)c1. The monoisotopic (exact) mass is 298 g/mol. The van der Waals surface area contributed by atoms with Gasteiger partial charge in [-0.1, -0.05) is 6.07 Å². The van der Waals surface area contributed by atoms with Crippen molar-refractivity contribution in [3.63, 3.8) is 0 Å². The summed E-state index contributed by atoms with van der Waals surface area (Å²) in [5.41, 5.74) is 0.143. The summed E-state index contributed by atoms with van der Waals surface area (Å²) in [6, 6.07) is 3.96. The number of ether oxygens (including phenoxy) is 1. The fourth-order valence-corrected chi connectivity index (χ4v) is 1.94. The van der Waals surface area contributed by atoms with E-state index in [9.17, 15) is 13.6 Å². The molecule has 0 aliphatic heterocycles. The van der Waals surface area contributed by atoms with Crippen molar-refractivity contribution in [2.24, 2.45) is 0 Å². The van der Waals surface area contributed by atoms with E-state index in [4.69, 9.17) is 4.74 Å². The Bertz CT molecular complexity index is 529. The molecule has 6 heteroatoms. The molecular weight excluding hydrogens is 278 g/mol. The second-order valence-corrected chi connectivity index (χ2v) is 6.22. The summed E-state index contributed by atoms with van der Waals surface area (Å²) < 4.78 is 31.0. The van der Waals surface area contributed by atoms with E-state index in [-0.39, 0.29) is 12.1 Å². The minimum Gasteiger partial charge on any atom is -0.444 e. The highest BCUT2D eigenvalue weighted by molar-refractivity contribution is 5.68. The van der Waals surface area contributed by atoms with Crippen LogP contribution in [0.2, 0.25) is 0 Å². The first-order valence-electron chi connectivity index (χ1n) is 6.91. The van der Waals surface area contributed by atoms with Gasteiger partial charge in [0.25, 0.3) is 0 Å². The number of nitrogens with one attached hydrogen (secondary N) is 2. The lowest BCUT2D eigenvalue weighted by Gasteiger charge is -2.19. The summed E-state index contributed by atoms with van der Waals surface area (Å²) >= 11 is 0. The molecule has 1 aromatic carbocycles. The molecule has 2 unspecified atom stereocenters. The average Bonchev–Trinajstić information content (AvgIpc) is 3.06. The molecule has 2 N–H and O–H groups in total. The van der Waals surface area contributed by atoms with Crippen molar-refractivity contribution in [2.75, 3.05) is 0 Å². The molecule has 4 nitrogen and oxygen atoms in total. The number of amides is 1. The minimum atomic E-state index is -0.853. The highest BCUT2D eigenvalue weighted by Gasteiger charge is 2.38. The maximum atomic E-state index is 13.0. The smallest absolute Gasteiger partial charge is 0.407 e. The third-order valence-electron chi connectivity index (χ3n) is 3.04. The van der Waals surface area contributed by atoms with Gasteiger partial charge in [0.05, 0.1) is 0 Å². The number of benzene rings is 1. The quantitative estimate of drug-likeness (QED) is 0.898. The third kappa shape index (κ3) is 4.97. The number of carbonyl (C=O) groups excluding carboxylic acids is 1. The van der Waals surface area contributed by atoms with Gasteiger partial charge in [-0.15, -0.1) is 0 Å². The largest absolute Gasteiger partial charge is 0.444 e. The van der Waals surface area contributed by atoms with Gasteiger partial charge in [-0.25, -0.2) is 13.6 Å². The number of alkyl carbamates (subject to hydrolysis) is 1. The van der Waals surface area contributed by atoms with Crippen molar-refractivity contribution >= 4 is 6.09 Å². The van der Waals surface area contributed by atoms with Gasteiger partial charge in [-0.3, -0.25) is 0 Å². The van der Waals surface area contributed by atoms with Crippen molar-refractivity contribution in [3.05, 3.63) is 35.4 Å². The second-order valence-electron chi connectivity index (χ2n) is 6.22. The first kappa shape index (κ1) is 15.7. The summed E-state index contributed by atoms with van der Waals surface area (Å²) in [4.78, 5) is 11.6. The number of halogens is 2. The molecule has 0 spiro atoms. The van der Waals surface area contributed by atoms with E-state index in [1.807, 2.05) is 0 Å². The second kappa shape index (κ2) is 5.97. The molecule has 1 saturated carbocycles. The number of hydrogen-bond acceptors (Lipinski definition) is 3. The first-order valence-corrected chi connectivity index (χ1v) is 6.91. The Kier molecular flexibility index (Phi) is 4.46. The van der Waals surface area contributed by atoms with E-state index < -0.39 is 23.3 Å². The zero-order valence-corrected chi connectivity index (χ0v) is 12.4. The molecule has 0 aromatic heterocycles. The van der Waals surface area contributed by atoms with E-state index in [2.05, 4.69) is 10.6 Å². The van der Waals surface area contributed by atoms with Crippen LogP contribution in [-0.2, 0) is 11.3 Å². The molecule has 0 heterocycles. The van der Waals surface area contributed by atoms with Crippen LogP contribution < -0.4 is 10.6 Å². The van der Waals surface area contributed by atoms with Crippen LogP contribution in [0.4, 0.5) is 13.6 Å². The van der Waals surface area contributed by atoms with Crippen LogP contribution in [0.3, 0.4) is 0 Å². The molecule has 0 bridgehead atoms. The Balaban J connectivity index is 1.72. The molecular formula is C15H20F2N2O2. The minimum absolute atomic E-state index is 0.0187. The molecule has 0 saturated heterocycles. The van der Waals surface area contributed by atoms with E-state index in [0.29, 0.717) is 12.1 Å². The molecule has 0 radical (unpaired) electrons. The van der Waals surface area contributed by atoms with Crippen molar-refractivity contribution in [1.82, 2.24) is 10.6 Å². The predicted octanol–water partition coefficient (Wildman–Crippen LogP) is 2.72. The van der Waals surface area contributed by atoms with Crippen LogP contribution in [0.5, 0.6) is 0 Å². The van der Waals surface area contributed by atoms with Gasteiger partial charge in [0.15, 0.2) is 11.6 Å². The lowest BCUT2D eigenvalue weighted by atomic mass is 10.2. The first-order chi connectivity index (χ1) is 9.74. The molecule has 116 valence electrons. The molecule has 1 fully saturated rings. The molecule has 1 aliphatic rings. The number of carbonyl (C=O) groups is 1. The topological polar surface area (TPSA) is 50.4 Å². The van der Waals surface area contributed by atoms with Gasteiger partial charge in [-0.2, -0.15) is 0 Å². The number of rotatable bonds is 4. The van der Waals surface area contributed by atoms with E-state index in [1.54, 1.807) is 20.8 Å². The van der Waals surface area contributed by atoms with Crippen LogP contribution in [0.25, 0.3) is 0 Å². The van der Waals surface area contributed by atoms with Gasteiger partial charge in [-0.05, 0) is 44.9 Å². The third-order valence-corrected chi connectivity index (χ3v) is 3.04. The number of hydrogen-bond donors (Lipinski definition) is 2. The van der Waals surface area contributed by atoms with Crippen molar-refractivity contribution in [1.29, 1.82) is 0 Å². The van der Waals surface area contributed by atoms with Crippen LogP contribution in [0.1, 0.15) is 32.8 Å². The van der Waals surface area contributed by atoms with Gasteiger partial charge in [0, 0.05) is 18.6 Å². The molecule has 2 atom stereocenters. The molecule has 1 aliphatic carbocycles. The normalized spacial score (nSPS) is 21.0. The van der Waals surface area contributed by atoms with Crippen LogP contribution in [0.15, 0.2) is 18.2 Å². The van der Waals surface area contributed by atoms with Crippen LogP contribution in [-0.4, -0.2) is 23.8 Å². The van der Waals surface area contributed by atoms with E-state index >= 15 is 0 Å². The predicted molar refractivity (Wildman–Crippen MR) is 74.8 cm³/mol. The maximum absolute atomic E-state index is 13.0. The van der Waals surface area contributed by atoms with Crippen molar-refractivity contribution < 1.29 is 18.3 Å².